The minimum Gasteiger partial charge on any atom is -0.353 e. The molecule has 0 spiro atoms. The molecule has 1 amide bonds. The van der Waals surface area contributed by atoms with Gasteiger partial charge in [-0.2, -0.15) is 5.26 Å². The zero-order chi connectivity index (χ0) is 15.4. The van der Waals surface area contributed by atoms with Gasteiger partial charge in [-0.1, -0.05) is 19.3 Å². The molecule has 6 nitrogen and oxygen atoms in total. The highest BCUT2D eigenvalue weighted by Gasteiger charge is 2.40. The average molecular weight is 301 g/mol. The summed E-state index contributed by atoms with van der Waals surface area (Å²) in [6, 6.07) is 2.15. The van der Waals surface area contributed by atoms with E-state index in [2.05, 4.69) is 16.1 Å². The topological polar surface area (TPSA) is 99.1 Å². The molecular formula is C13H23N3O3S. The van der Waals surface area contributed by atoms with E-state index in [1.54, 1.807) is 13.8 Å². The molecule has 114 valence electrons. The van der Waals surface area contributed by atoms with Gasteiger partial charge in [-0.25, -0.2) is 13.1 Å². The van der Waals surface area contributed by atoms with Crippen LogP contribution >= 0.6 is 0 Å². The highest BCUT2D eigenvalue weighted by Crippen LogP contribution is 2.35. The molecule has 0 atom stereocenters. The van der Waals surface area contributed by atoms with Crippen molar-refractivity contribution < 1.29 is 13.2 Å². The van der Waals surface area contributed by atoms with Gasteiger partial charge in [0.15, 0.2) is 0 Å². The summed E-state index contributed by atoms with van der Waals surface area (Å²) in [5, 5.41) is 12.0. The van der Waals surface area contributed by atoms with Gasteiger partial charge in [0.2, 0.25) is 15.9 Å². The third kappa shape index (κ3) is 4.76. The molecule has 0 radical (unpaired) electrons. The first-order valence-corrected chi connectivity index (χ1v) is 8.68. The monoisotopic (exact) mass is 301 g/mol. The average Bonchev–Trinajstić information content (AvgIpc) is 2.34. The highest BCUT2D eigenvalue weighted by molar-refractivity contribution is 7.88. The van der Waals surface area contributed by atoms with E-state index in [-0.39, 0.29) is 12.5 Å². The number of nitrogens with zero attached hydrogens (tertiary/aromatic N) is 1. The third-order valence-electron chi connectivity index (χ3n) is 3.51. The summed E-state index contributed by atoms with van der Waals surface area (Å²) in [5.74, 6) is -0.289. The van der Waals surface area contributed by atoms with Crippen LogP contribution in [-0.2, 0) is 14.8 Å². The number of sulfonamides is 1. The molecule has 0 aliphatic heterocycles. The van der Waals surface area contributed by atoms with Crippen LogP contribution in [0.4, 0.5) is 0 Å². The molecule has 1 rings (SSSR count). The van der Waals surface area contributed by atoms with Gasteiger partial charge >= 0.3 is 0 Å². The molecule has 1 aliphatic rings. The summed E-state index contributed by atoms with van der Waals surface area (Å²) in [7, 11) is -3.34. The molecule has 1 saturated carbocycles. The molecule has 2 N–H and O–H groups in total. The fourth-order valence-corrected chi connectivity index (χ4v) is 3.63. The predicted molar refractivity (Wildman–Crippen MR) is 76.2 cm³/mol. The molecule has 1 aliphatic carbocycles. The van der Waals surface area contributed by atoms with E-state index in [1.165, 1.54) is 0 Å². The van der Waals surface area contributed by atoms with Crippen LogP contribution in [-0.4, -0.2) is 32.7 Å². The first-order chi connectivity index (χ1) is 9.10. The van der Waals surface area contributed by atoms with Gasteiger partial charge in [-0.05, 0) is 26.7 Å². The molecule has 0 saturated heterocycles. The van der Waals surface area contributed by atoms with Gasteiger partial charge in [0.1, 0.15) is 5.41 Å². The van der Waals surface area contributed by atoms with Crippen molar-refractivity contribution in [3.63, 3.8) is 0 Å². The van der Waals surface area contributed by atoms with Crippen molar-refractivity contribution in [2.45, 2.75) is 51.5 Å². The van der Waals surface area contributed by atoms with E-state index in [1.807, 2.05) is 0 Å². The number of hydrogen-bond donors (Lipinski definition) is 2. The van der Waals surface area contributed by atoms with Crippen LogP contribution in [0.25, 0.3) is 0 Å². The Bertz CT molecular complexity index is 499. The van der Waals surface area contributed by atoms with Crippen LogP contribution in [0.1, 0.15) is 46.0 Å². The minimum atomic E-state index is -3.34. The van der Waals surface area contributed by atoms with Crippen LogP contribution in [0.2, 0.25) is 0 Å². The van der Waals surface area contributed by atoms with Crippen LogP contribution < -0.4 is 10.0 Å². The van der Waals surface area contributed by atoms with E-state index in [0.29, 0.717) is 12.8 Å². The van der Waals surface area contributed by atoms with Crippen LogP contribution in [0.3, 0.4) is 0 Å². The molecule has 1 fully saturated rings. The second-order valence-electron chi connectivity index (χ2n) is 6.20. The van der Waals surface area contributed by atoms with Gasteiger partial charge in [-0.15, -0.1) is 0 Å². The minimum absolute atomic E-state index is 0.155. The first-order valence-electron chi connectivity index (χ1n) is 6.79. The molecule has 0 aromatic heterocycles. The fraction of sp³-hybridized carbons (Fsp3) is 0.846. The lowest BCUT2D eigenvalue weighted by Gasteiger charge is -2.31. The maximum Gasteiger partial charge on any atom is 0.240 e. The molecule has 7 heteroatoms. The standard InChI is InChI=1S/C13H23N3O3S/c1-12(2,16-20(3,18)19)10-15-11(17)13(9-14)7-5-4-6-8-13/h16H,4-8,10H2,1-3H3,(H,15,17). The SMILES string of the molecule is CC(C)(CNC(=O)C1(C#N)CCCCC1)NS(C)(=O)=O. The molecule has 0 unspecified atom stereocenters. The fourth-order valence-electron chi connectivity index (χ4n) is 2.55. The number of nitrogens with one attached hydrogen (secondary N) is 2. The Morgan fingerprint density at radius 2 is 1.85 bits per heavy atom. The molecule has 0 bridgehead atoms. The van der Waals surface area contributed by atoms with Crippen molar-refractivity contribution >= 4 is 15.9 Å². The number of rotatable bonds is 5. The van der Waals surface area contributed by atoms with E-state index >= 15 is 0 Å². The van der Waals surface area contributed by atoms with E-state index < -0.39 is 21.0 Å². The summed E-state index contributed by atoms with van der Waals surface area (Å²) >= 11 is 0. The second-order valence-corrected chi connectivity index (χ2v) is 7.94. The normalized spacial score (nSPS) is 19.1. The Labute approximate surface area is 121 Å². The largest absolute Gasteiger partial charge is 0.353 e. The van der Waals surface area contributed by atoms with Crippen molar-refractivity contribution in [1.29, 1.82) is 5.26 Å². The van der Waals surface area contributed by atoms with Gasteiger partial charge < -0.3 is 5.32 Å². The Balaban J connectivity index is 2.64. The lowest BCUT2D eigenvalue weighted by atomic mass is 9.74. The molecule has 20 heavy (non-hydrogen) atoms. The second kappa shape index (κ2) is 6.10. The van der Waals surface area contributed by atoms with Gasteiger partial charge in [0, 0.05) is 12.1 Å². The number of hydrogen-bond acceptors (Lipinski definition) is 4. The van der Waals surface area contributed by atoms with Gasteiger partial charge in [0.05, 0.1) is 12.3 Å². The molecular weight excluding hydrogens is 278 g/mol. The Kier molecular flexibility index (Phi) is 5.16. The smallest absolute Gasteiger partial charge is 0.240 e. The lowest BCUT2D eigenvalue weighted by molar-refractivity contribution is -0.129. The van der Waals surface area contributed by atoms with Crippen molar-refractivity contribution in [3.05, 3.63) is 0 Å². The summed E-state index contributed by atoms with van der Waals surface area (Å²) in [5.41, 5.74) is -1.73. The molecule has 0 heterocycles. The van der Waals surface area contributed by atoms with Crippen molar-refractivity contribution in [1.82, 2.24) is 10.0 Å². The number of nitriles is 1. The van der Waals surface area contributed by atoms with Crippen LogP contribution in [0.15, 0.2) is 0 Å². The summed E-state index contributed by atoms with van der Waals surface area (Å²) in [6.07, 6.45) is 5.05. The van der Waals surface area contributed by atoms with E-state index in [4.69, 9.17) is 0 Å². The first kappa shape index (κ1) is 16.9. The maximum atomic E-state index is 12.3. The Morgan fingerprint density at radius 1 is 1.30 bits per heavy atom. The summed E-state index contributed by atoms with van der Waals surface area (Å²) < 4.78 is 24.9. The van der Waals surface area contributed by atoms with Gasteiger partial charge in [-0.3, -0.25) is 4.79 Å². The van der Waals surface area contributed by atoms with Crippen molar-refractivity contribution in [2.24, 2.45) is 5.41 Å². The zero-order valence-corrected chi connectivity index (χ0v) is 13.1. The highest BCUT2D eigenvalue weighted by atomic mass is 32.2. The molecule has 0 aromatic rings. The number of carbonyl (C=O) groups excluding carboxylic acids is 1. The summed E-state index contributed by atoms with van der Waals surface area (Å²) in [4.78, 5) is 12.3. The zero-order valence-electron chi connectivity index (χ0n) is 12.3. The van der Waals surface area contributed by atoms with Crippen LogP contribution in [0.5, 0.6) is 0 Å². The van der Waals surface area contributed by atoms with E-state index in [0.717, 1.165) is 25.5 Å². The number of carbonyl (C=O) groups is 1. The predicted octanol–water partition coefficient (Wildman–Crippen LogP) is 0.904. The van der Waals surface area contributed by atoms with E-state index in [9.17, 15) is 18.5 Å². The summed E-state index contributed by atoms with van der Waals surface area (Å²) in [6.45, 7) is 3.53. The maximum absolute atomic E-state index is 12.3. The quantitative estimate of drug-likeness (QED) is 0.788. The number of amides is 1. The van der Waals surface area contributed by atoms with Crippen molar-refractivity contribution in [3.8, 4) is 6.07 Å². The molecule has 0 aromatic carbocycles. The van der Waals surface area contributed by atoms with Crippen LogP contribution in [0, 0.1) is 16.7 Å². The van der Waals surface area contributed by atoms with Gasteiger partial charge in [0.25, 0.3) is 0 Å². The van der Waals surface area contributed by atoms with Crippen molar-refractivity contribution in [2.75, 3.05) is 12.8 Å². The third-order valence-corrected chi connectivity index (χ3v) is 4.43. The lowest BCUT2D eigenvalue weighted by Crippen LogP contribution is -2.53. The Morgan fingerprint density at radius 3 is 2.30 bits per heavy atom. The Hall–Kier alpha value is -1.13.